The zero-order valence-electron chi connectivity index (χ0n) is 46.9. The molecule has 0 aliphatic heterocycles. The molecule has 0 aliphatic rings. The molecule has 0 saturated carbocycles. The van der Waals surface area contributed by atoms with Crippen molar-refractivity contribution in [2.75, 3.05) is 0 Å². The first-order valence-corrected chi connectivity index (χ1v) is 15.6. The molecule has 0 nitrogen and oxygen atoms in total. The van der Waals surface area contributed by atoms with Crippen LogP contribution in [0, 0.1) is 0 Å². The first-order valence-electron chi connectivity index (χ1n) is 26.1. The van der Waals surface area contributed by atoms with Crippen LogP contribution < -0.4 is 0 Å². The molecule has 0 N–H and O–H groups in total. The van der Waals surface area contributed by atoms with Crippen LogP contribution in [0.1, 0.15) is 28.8 Å². The average Bonchev–Trinajstić information content (AvgIpc) is 3.36. The maximum Gasteiger partial charge on any atom is 0.0636 e. The Hall–Kier alpha value is -6.50. The van der Waals surface area contributed by atoms with Gasteiger partial charge >= 0.3 is 0 Å². The largest absolute Gasteiger partial charge is 0.0636 e. The lowest BCUT2D eigenvalue weighted by Crippen LogP contribution is -1.92. The summed E-state index contributed by atoms with van der Waals surface area (Å²) >= 11 is 0. The molecule has 0 amide bonds. The zero-order valence-corrected chi connectivity index (χ0v) is 25.9. The van der Waals surface area contributed by atoms with Crippen LogP contribution in [0.25, 0.3) is 98.4 Å². The summed E-state index contributed by atoms with van der Waals surface area (Å²) in [7, 11) is 0. The summed E-state index contributed by atoms with van der Waals surface area (Å²) < 4.78 is 191. The third-order valence-corrected chi connectivity index (χ3v) is 8.84. The summed E-state index contributed by atoms with van der Waals surface area (Å²) in [4.78, 5) is 0. The van der Waals surface area contributed by atoms with Crippen molar-refractivity contribution < 1.29 is 28.8 Å². The molecule has 50 heavy (non-hydrogen) atoms. The molecular formula is C50H32. The standard InChI is InChI=1S/C50H32/c1-2-14-38-31-40(28-23-33(38)11-1)50-46-20-8-7-19-45(46)49(37-26-24-36(25-27-37)43-21-9-15-34-12-3-5-17-41(34)43)48-32-39(29-30-47(48)50)44-22-10-16-35-13-4-6-18-42(35)44/h1-32H/i1D,2D,4D,6D,7D,8D,10D,11D,13D,14D,16D,18D,19D,20D,22D,23D,28D,29D,30D,31D,32D. The first kappa shape index (κ1) is 14.5. The van der Waals surface area contributed by atoms with Crippen LogP contribution in [0.4, 0.5) is 0 Å². The molecule has 0 aliphatic carbocycles. The van der Waals surface area contributed by atoms with Gasteiger partial charge in [-0.05, 0) is 110 Å². The summed E-state index contributed by atoms with van der Waals surface area (Å²) in [6, 6.07) is 3.64. The molecule has 0 bridgehead atoms. The first-order chi connectivity index (χ1) is 33.6. The van der Waals surface area contributed by atoms with Crippen LogP contribution in [0.15, 0.2) is 194 Å². The third kappa shape index (κ3) is 4.61. The second-order valence-electron chi connectivity index (χ2n) is 11.6. The van der Waals surface area contributed by atoms with E-state index < -0.39 is 181 Å². The molecule has 10 aromatic carbocycles. The topological polar surface area (TPSA) is 0 Å². The van der Waals surface area contributed by atoms with E-state index in [-0.39, 0.29) is 21.9 Å². The molecule has 0 unspecified atom stereocenters. The fourth-order valence-corrected chi connectivity index (χ4v) is 6.58. The maximum absolute atomic E-state index is 10.2. The Balaban J connectivity index is 1.49. The van der Waals surface area contributed by atoms with Gasteiger partial charge in [-0.15, -0.1) is 0 Å². The Labute approximate surface area is 321 Å². The SMILES string of the molecule is [2H]c1c([2H])c([2H])c2c([2H])c(-c3c4c([2H])c([2H])c([2H])c([2H])c4c(-c4ccc(-c5cccc6ccccc56)cc4)c4c([2H])c(-c5c([2H])c([2H])c([2H])c6c([2H])c([2H])c([2H])c([2H])c56)c([2H])c([2H])c34)c([2H])c([2H])c2c1[2H]. The number of fused-ring (bicyclic) bond motifs is 5. The minimum absolute atomic E-state index is 0.136. The fraction of sp³-hybridized carbons (Fsp3) is 0. The Morgan fingerprint density at radius 2 is 0.900 bits per heavy atom. The molecule has 0 fully saturated rings. The van der Waals surface area contributed by atoms with E-state index in [4.69, 9.17) is 16.4 Å². The van der Waals surface area contributed by atoms with E-state index in [1.807, 2.05) is 42.5 Å². The molecule has 0 heterocycles. The smallest absolute Gasteiger partial charge is 0.0616 e. The Morgan fingerprint density at radius 3 is 1.74 bits per heavy atom. The number of hydrogen-bond donors (Lipinski definition) is 0. The second-order valence-corrected chi connectivity index (χ2v) is 11.6. The Bertz CT molecular complexity index is 4090. The lowest BCUT2D eigenvalue weighted by Gasteiger charge is -2.19. The van der Waals surface area contributed by atoms with E-state index in [0.717, 1.165) is 16.3 Å². The molecule has 0 spiro atoms. The van der Waals surface area contributed by atoms with Crippen molar-refractivity contribution in [1.82, 2.24) is 0 Å². The highest BCUT2D eigenvalue weighted by Crippen LogP contribution is 2.46. The summed E-state index contributed by atoms with van der Waals surface area (Å²) in [5.74, 6) is 0. The second kappa shape index (κ2) is 11.6. The highest BCUT2D eigenvalue weighted by atomic mass is 14.2. The summed E-state index contributed by atoms with van der Waals surface area (Å²) in [5, 5.41) is -1.77. The van der Waals surface area contributed by atoms with Gasteiger partial charge in [0.25, 0.3) is 0 Å². The number of benzene rings is 10. The monoisotopic (exact) mass is 653 g/mol. The molecule has 0 heteroatoms. The third-order valence-electron chi connectivity index (χ3n) is 8.84. The van der Waals surface area contributed by atoms with Crippen molar-refractivity contribution in [3.05, 3.63) is 194 Å². The Morgan fingerprint density at radius 1 is 0.280 bits per heavy atom. The predicted molar refractivity (Wildman–Crippen MR) is 216 cm³/mol. The molecule has 10 rings (SSSR count). The predicted octanol–water partition coefficient (Wildman–Crippen LogP) is 14.1. The van der Waals surface area contributed by atoms with E-state index in [1.54, 1.807) is 24.3 Å². The van der Waals surface area contributed by atoms with Crippen LogP contribution in [-0.4, -0.2) is 0 Å². The molecule has 0 saturated heterocycles. The van der Waals surface area contributed by atoms with Gasteiger partial charge in [0.1, 0.15) is 0 Å². The fourth-order valence-electron chi connectivity index (χ4n) is 6.58. The summed E-state index contributed by atoms with van der Waals surface area (Å²) in [5.41, 5.74) is -0.767. The minimum atomic E-state index is -0.896. The van der Waals surface area contributed by atoms with Crippen LogP contribution in [0.2, 0.25) is 0 Å². The quantitative estimate of drug-likeness (QED) is 0.166. The lowest BCUT2D eigenvalue weighted by atomic mass is 9.84. The van der Waals surface area contributed by atoms with Gasteiger partial charge in [0.05, 0.1) is 28.8 Å². The van der Waals surface area contributed by atoms with Crippen molar-refractivity contribution in [2.24, 2.45) is 0 Å². The zero-order chi connectivity index (χ0) is 51.3. The van der Waals surface area contributed by atoms with Gasteiger partial charge in [-0.1, -0.05) is 182 Å². The van der Waals surface area contributed by atoms with E-state index in [0.29, 0.717) is 5.56 Å². The average molecular weight is 654 g/mol. The van der Waals surface area contributed by atoms with Crippen molar-refractivity contribution in [2.45, 2.75) is 0 Å². The van der Waals surface area contributed by atoms with Crippen molar-refractivity contribution in [1.29, 1.82) is 0 Å². The summed E-state index contributed by atoms with van der Waals surface area (Å²) in [6.45, 7) is 0. The number of hydrogen-bond acceptors (Lipinski definition) is 0. The lowest BCUT2D eigenvalue weighted by molar-refractivity contribution is 1.63. The van der Waals surface area contributed by atoms with E-state index in [1.165, 1.54) is 0 Å². The van der Waals surface area contributed by atoms with Crippen LogP contribution in [0.5, 0.6) is 0 Å². The maximum atomic E-state index is 10.2. The van der Waals surface area contributed by atoms with Gasteiger partial charge in [0.15, 0.2) is 0 Å². The van der Waals surface area contributed by atoms with Crippen LogP contribution in [0.3, 0.4) is 0 Å². The molecule has 0 atom stereocenters. The van der Waals surface area contributed by atoms with Gasteiger partial charge in [0, 0.05) is 0 Å². The molecule has 10 aromatic rings. The van der Waals surface area contributed by atoms with Crippen LogP contribution >= 0.6 is 0 Å². The van der Waals surface area contributed by atoms with E-state index in [2.05, 4.69) is 0 Å². The highest BCUT2D eigenvalue weighted by molar-refractivity contribution is 6.22. The van der Waals surface area contributed by atoms with Gasteiger partial charge < -0.3 is 0 Å². The number of rotatable bonds is 4. The van der Waals surface area contributed by atoms with Gasteiger partial charge in [-0.2, -0.15) is 0 Å². The van der Waals surface area contributed by atoms with E-state index in [9.17, 15) is 12.3 Å². The molecule has 0 radical (unpaired) electrons. The van der Waals surface area contributed by atoms with Crippen molar-refractivity contribution in [3.63, 3.8) is 0 Å². The van der Waals surface area contributed by atoms with Gasteiger partial charge in [-0.3, -0.25) is 0 Å². The van der Waals surface area contributed by atoms with Gasteiger partial charge in [-0.25, -0.2) is 0 Å². The highest BCUT2D eigenvalue weighted by Gasteiger charge is 2.18. The Kier molecular flexibility index (Phi) is 3.37. The van der Waals surface area contributed by atoms with Crippen molar-refractivity contribution >= 4 is 53.9 Å². The summed E-state index contributed by atoms with van der Waals surface area (Å²) in [6.07, 6.45) is 0. The van der Waals surface area contributed by atoms with Crippen molar-refractivity contribution in [3.8, 4) is 44.5 Å². The minimum Gasteiger partial charge on any atom is -0.0616 e. The molecular weight excluding hydrogens is 601 g/mol. The molecule has 232 valence electrons. The normalized spacial score (nSPS) is 17.5. The van der Waals surface area contributed by atoms with Crippen LogP contribution in [-0.2, 0) is 0 Å². The van der Waals surface area contributed by atoms with Gasteiger partial charge in [0.2, 0.25) is 0 Å². The molecule has 0 aromatic heterocycles. The van der Waals surface area contributed by atoms with E-state index >= 15 is 0 Å².